The molecule has 5 heteroatoms. The van der Waals surface area contributed by atoms with Crippen molar-refractivity contribution in [2.75, 3.05) is 0 Å². The van der Waals surface area contributed by atoms with Crippen LogP contribution in [0.3, 0.4) is 0 Å². The number of rotatable bonds is 6. The molecular weight excluding hydrogens is 360 g/mol. The van der Waals surface area contributed by atoms with Gasteiger partial charge in [0.15, 0.2) is 11.9 Å². The smallest absolute Gasteiger partial charge is 0.291 e. The molecule has 0 N–H and O–H groups in total. The molecule has 3 aromatic rings. The monoisotopic (exact) mass is 380 g/mol. The molecule has 0 aliphatic heterocycles. The largest absolute Gasteiger partial charge is 0.298 e. The molecule has 1 unspecified atom stereocenters. The van der Waals surface area contributed by atoms with E-state index in [1.54, 1.807) is 54.6 Å². The van der Waals surface area contributed by atoms with Crippen molar-refractivity contribution in [3.63, 3.8) is 0 Å². The topological polar surface area (TPSA) is 60.4 Å². The second-order valence-electron chi connectivity index (χ2n) is 6.33. The summed E-state index contributed by atoms with van der Waals surface area (Å²) >= 11 is 0. The molecule has 0 aliphatic carbocycles. The summed E-state index contributed by atoms with van der Waals surface area (Å²) in [6, 6.07) is 22.0. The zero-order valence-corrected chi connectivity index (χ0v) is 15.9. The van der Waals surface area contributed by atoms with Gasteiger partial charge in [-0.3, -0.25) is 4.79 Å². The fourth-order valence-electron chi connectivity index (χ4n) is 2.76. The van der Waals surface area contributed by atoms with E-state index in [-0.39, 0.29) is 4.90 Å². The molecule has 3 aromatic carbocycles. The number of hydrogen-bond donors (Lipinski definition) is 0. The average Bonchev–Trinajstić information content (AvgIpc) is 2.67. The zero-order chi connectivity index (χ0) is 19.4. The van der Waals surface area contributed by atoms with Crippen molar-refractivity contribution < 1.29 is 17.4 Å². The third-order valence-electron chi connectivity index (χ3n) is 4.30. The molecule has 27 heavy (non-hydrogen) atoms. The van der Waals surface area contributed by atoms with Gasteiger partial charge in [-0.15, -0.1) is 0 Å². The SMILES string of the molecule is Cc1ccc(S(=O)(=O)OC(C(=O)c2ccccc2)c2ccccc2C)cc1. The maximum Gasteiger partial charge on any atom is 0.298 e. The lowest BCUT2D eigenvalue weighted by Gasteiger charge is -2.19. The lowest BCUT2D eigenvalue weighted by atomic mass is 9.97. The van der Waals surface area contributed by atoms with Crippen molar-refractivity contribution in [1.82, 2.24) is 0 Å². The number of hydrogen-bond acceptors (Lipinski definition) is 4. The first-order valence-electron chi connectivity index (χ1n) is 8.53. The van der Waals surface area contributed by atoms with Gasteiger partial charge in [0.2, 0.25) is 0 Å². The van der Waals surface area contributed by atoms with E-state index in [2.05, 4.69) is 0 Å². The van der Waals surface area contributed by atoms with Crippen molar-refractivity contribution in [3.05, 3.63) is 101 Å². The summed E-state index contributed by atoms with van der Waals surface area (Å²) in [5, 5.41) is 0. The van der Waals surface area contributed by atoms with Gasteiger partial charge in [0.25, 0.3) is 10.1 Å². The van der Waals surface area contributed by atoms with Gasteiger partial charge in [0.1, 0.15) is 0 Å². The van der Waals surface area contributed by atoms with Crippen LogP contribution >= 0.6 is 0 Å². The van der Waals surface area contributed by atoms with Gasteiger partial charge < -0.3 is 0 Å². The van der Waals surface area contributed by atoms with Crippen LogP contribution in [-0.2, 0) is 14.3 Å². The van der Waals surface area contributed by atoms with E-state index in [9.17, 15) is 13.2 Å². The Bertz CT molecular complexity index is 1040. The molecular formula is C22H20O4S. The minimum atomic E-state index is -4.12. The summed E-state index contributed by atoms with van der Waals surface area (Å²) < 4.78 is 31.1. The molecule has 0 heterocycles. The van der Waals surface area contributed by atoms with Crippen molar-refractivity contribution in [1.29, 1.82) is 0 Å². The Balaban J connectivity index is 2.04. The van der Waals surface area contributed by atoms with Crippen molar-refractivity contribution in [3.8, 4) is 0 Å². The highest BCUT2D eigenvalue weighted by Crippen LogP contribution is 2.29. The van der Waals surface area contributed by atoms with Crippen molar-refractivity contribution in [2.45, 2.75) is 24.8 Å². The number of Topliss-reactive ketones (excluding diaryl/α,β-unsaturated/α-hetero) is 1. The standard InChI is InChI=1S/C22H20O4S/c1-16-12-14-19(15-13-16)27(24,25)26-22(20-11-7-6-8-17(20)2)21(23)18-9-4-3-5-10-18/h3-15,22H,1-2H3. The fourth-order valence-corrected chi connectivity index (χ4v) is 3.78. The minimum Gasteiger partial charge on any atom is -0.291 e. The van der Waals surface area contributed by atoms with Gasteiger partial charge in [0.05, 0.1) is 4.90 Å². The van der Waals surface area contributed by atoms with E-state index >= 15 is 0 Å². The first kappa shape index (κ1) is 19.0. The van der Waals surface area contributed by atoms with E-state index < -0.39 is 22.0 Å². The van der Waals surface area contributed by atoms with Crippen molar-refractivity contribution >= 4 is 15.9 Å². The van der Waals surface area contributed by atoms with Gasteiger partial charge in [-0.05, 0) is 37.1 Å². The molecule has 0 radical (unpaired) electrons. The molecule has 3 rings (SSSR count). The second kappa shape index (κ2) is 7.86. The van der Waals surface area contributed by atoms with Crippen LogP contribution < -0.4 is 0 Å². The van der Waals surface area contributed by atoms with E-state index in [1.165, 1.54) is 12.1 Å². The maximum atomic E-state index is 13.1. The molecule has 0 amide bonds. The summed E-state index contributed by atoms with van der Waals surface area (Å²) in [5.74, 6) is -0.402. The maximum absolute atomic E-state index is 13.1. The van der Waals surface area contributed by atoms with Crippen LogP contribution in [-0.4, -0.2) is 14.2 Å². The molecule has 4 nitrogen and oxygen atoms in total. The summed E-state index contributed by atoms with van der Waals surface area (Å²) in [5.41, 5.74) is 2.64. The average molecular weight is 380 g/mol. The van der Waals surface area contributed by atoms with Crippen LogP contribution in [0.2, 0.25) is 0 Å². The Labute approximate surface area is 159 Å². The third-order valence-corrected chi connectivity index (χ3v) is 5.60. The quantitative estimate of drug-likeness (QED) is 0.462. The lowest BCUT2D eigenvalue weighted by molar-refractivity contribution is 0.0800. The Hall–Kier alpha value is -2.76. The van der Waals surface area contributed by atoms with Crippen molar-refractivity contribution in [2.24, 2.45) is 0 Å². The second-order valence-corrected chi connectivity index (χ2v) is 7.90. The number of carbonyl (C=O) groups excluding carboxylic acids is 1. The van der Waals surface area contributed by atoms with Crippen LogP contribution in [0.4, 0.5) is 0 Å². The third kappa shape index (κ3) is 4.32. The van der Waals surface area contributed by atoms with Gasteiger partial charge in [-0.2, -0.15) is 8.42 Å². The van der Waals surface area contributed by atoms with Crippen LogP contribution in [0.1, 0.15) is 33.2 Å². The highest BCUT2D eigenvalue weighted by molar-refractivity contribution is 7.86. The summed E-state index contributed by atoms with van der Waals surface area (Å²) in [6.45, 7) is 3.69. The fraction of sp³-hybridized carbons (Fsp3) is 0.136. The van der Waals surface area contributed by atoms with Gasteiger partial charge in [-0.1, -0.05) is 72.3 Å². The van der Waals surface area contributed by atoms with Crippen LogP contribution in [0.5, 0.6) is 0 Å². The number of aryl methyl sites for hydroxylation is 2. The predicted octanol–water partition coefficient (Wildman–Crippen LogP) is 4.63. The molecule has 0 aromatic heterocycles. The summed E-state index contributed by atoms with van der Waals surface area (Å²) in [7, 11) is -4.12. The normalized spacial score (nSPS) is 12.5. The Morgan fingerprint density at radius 2 is 1.41 bits per heavy atom. The zero-order valence-electron chi connectivity index (χ0n) is 15.1. The van der Waals surface area contributed by atoms with Crippen LogP contribution in [0.15, 0.2) is 83.8 Å². The molecule has 0 saturated carbocycles. The molecule has 0 bridgehead atoms. The Morgan fingerprint density at radius 3 is 2.04 bits per heavy atom. The first-order valence-corrected chi connectivity index (χ1v) is 9.94. The van der Waals surface area contributed by atoms with E-state index in [4.69, 9.17) is 4.18 Å². The van der Waals surface area contributed by atoms with Gasteiger partial charge in [0, 0.05) is 5.56 Å². The summed E-state index contributed by atoms with van der Waals surface area (Å²) in [4.78, 5) is 13.1. The highest BCUT2D eigenvalue weighted by Gasteiger charge is 2.30. The van der Waals surface area contributed by atoms with Gasteiger partial charge in [-0.25, -0.2) is 4.18 Å². The molecule has 0 aliphatic rings. The molecule has 0 fully saturated rings. The van der Waals surface area contributed by atoms with E-state index in [1.807, 2.05) is 26.0 Å². The van der Waals surface area contributed by atoms with Crippen LogP contribution in [0.25, 0.3) is 0 Å². The molecule has 0 saturated heterocycles. The Kier molecular flexibility index (Phi) is 5.54. The highest BCUT2D eigenvalue weighted by atomic mass is 32.2. The molecule has 0 spiro atoms. The van der Waals surface area contributed by atoms with Crippen LogP contribution in [0, 0.1) is 13.8 Å². The number of carbonyl (C=O) groups is 1. The van der Waals surface area contributed by atoms with Gasteiger partial charge >= 0.3 is 0 Å². The van der Waals surface area contributed by atoms with E-state index in [0.29, 0.717) is 11.1 Å². The lowest BCUT2D eigenvalue weighted by Crippen LogP contribution is -2.21. The van der Waals surface area contributed by atoms with E-state index in [0.717, 1.165) is 11.1 Å². The first-order chi connectivity index (χ1) is 12.9. The predicted molar refractivity (Wildman–Crippen MR) is 104 cm³/mol. The minimum absolute atomic E-state index is 0.0209. The molecule has 138 valence electrons. The Morgan fingerprint density at radius 1 is 0.815 bits per heavy atom. The number of benzene rings is 3. The summed E-state index contributed by atoms with van der Waals surface area (Å²) in [6.07, 6.45) is -1.25. The molecule has 1 atom stereocenters. The number of ketones is 1.